The molecule has 0 aromatic heterocycles. The van der Waals surface area contributed by atoms with Crippen LogP contribution in [0.4, 0.5) is 0 Å². The van der Waals surface area contributed by atoms with Gasteiger partial charge in [0.05, 0.1) is 11.1 Å². The molecule has 0 bridgehead atoms. The molecular weight excluding hydrogens is 524 g/mol. The summed E-state index contributed by atoms with van der Waals surface area (Å²) in [6, 6.07) is 20.1. The van der Waals surface area contributed by atoms with Crippen LogP contribution in [0.1, 0.15) is 77.3 Å². The summed E-state index contributed by atoms with van der Waals surface area (Å²) >= 11 is 0. The topological polar surface area (TPSA) is 99.3 Å². The lowest BCUT2D eigenvalue weighted by Gasteiger charge is -2.31. The van der Waals surface area contributed by atoms with Crippen LogP contribution in [-0.4, -0.2) is 46.3 Å². The van der Waals surface area contributed by atoms with Crippen molar-refractivity contribution in [1.29, 1.82) is 0 Å². The molecule has 6 heteroatoms. The van der Waals surface area contributed by atoms with Crippen LogP contribution in [0.2, 0.25) is 0 Å². The summed E-state index contributed by atoms with van der Waals surface area (Å²) in [7, 11) is 0. The molecule has 0 amide bonds. The lowest BCUT2D eigenvalue weighted by Crippen LogP contribution is -2.31. The number of nitrogens with zero attached hydrogens (tertiary/aromatic N) is 2. The van der Waals surface area contributed by atoms with Crippen molar-refractivity contribution in [3.8, 4) is 0 Å². The summed E-state index contributed by atoms with van der Waals surface area (Å²) in [5, 5.41) is 22.1. The smallest absolute Gasteiger partial charge is 0.168 e. The number of hydrogen-bond donors (Lipinski definition) is 2. The van der Waals surface area contributed by atoms with Crippen molar-refractivity contribution in [2.24, 2.45) is 20.8 Å². The highest BCUT2D eigenvalue weighted by molar-refractivity contribution is 6.26. The number of aliphatic imine (C=N–C) groups is 2. The van der Waals surface area contributed by atoms with E-state index >= 15 is 0 Å². The maximum absolute atomic E-state index is 13.3. The first-order valence-corrected chi connectivity index (χ1v) is 15.0. The summed E-state index contributed by atoms with van der Waals surface area (Å²) in [6.45, 7) is 8.85. The molecule has 222 valence electrons. The number of allylic oxidation sites excluding steroid dienone is 4. The van der Waals surface area contributed by atoms with E-state index in [-0.39, 0.29) is 33.9 Å². The molecule has 0 spiro atoms. The van der Waals surface area contributed by atoms with Gasteiger partial charge in [-0.3, -0.25) is 19.6 Å². The van der Waals surface area contributed by atoms with Gasteiger partial charge in [-0.05, 0) is 47.6 Å². The van der Waals surface area contributed by atoms with Crippen LogP contribution in [-0.2, 0) is 22.4 Å². The zero-order valence-electron chi connectivity index (χ0n) is 25.4. The Bertz CT molecular complexity index is 1300. The van der Waals surface area contributed by atoms with Gasteiger partial charge >= 0.3 is 0 Å². The van der Waals surface area contributed by atoms with E-state index in [2.05, 4.69) is 0 Å². The minimum absolute atomic E-state index is 0.0785. The highest BCUT2D eigenvalue weighted by Crippen LogP contribution is 2.38. The molecular formula is C36H44N2O4. The molecule has 0 heterocycles. The first kappa shape index (κ1) is 31.1. The van der Waals surface area contributed by atoms with Gasteiger partial charge in [0, 0.05) is 50.2 Å². The minimum Gasteiger partial charge on any atom is -0.511 e. The highest BCUT2D eigenvalue weighted by atomic mass is 16.3. The van der Waals surface area contributed by atoms with E-state index in [1.807, 2.05) is 88.4 Å². The molecule has 0 saturated carbocycles. The fourth-order valence-electron chi connectivity index (χ4n) is 5.96. The first-order chi connectivity index (χ1) is 19.9. The van der Waals surface area contributed by atoms with Crippen molar-refractivity contribution in [2.45, 2.75) is 79.1 Å². The SMILES string of the molecule is CC1(C)CC(=O)C(C(CCC(=NCCc2ccccc2)C2=C(O)CC(C)(C)CC2=O)=NCCc2ccccc2)=C(O)C1. The summed E-state index contributed by atoms with van der Waals surface area (Å²) in [5.41, 5.74) is 3.35. The van der Waals surface area contributed by atoms with Crippen LogP contribution < -0.4 is 0 Å². The van der Waals surface area contributed by atoms with Crippen LogP contribution in [0.15, 0.2) is 93.3 Å². The second-order valence-corrected chi connectivity index (χ2v) is 13.2. The van der Waals surface area contributed by atoms with Crippen molar-refractivity contribution in [2.75, 3.05) is 13.1 Å². The lowest BCUT2D eigenvalue weighted by atomic mass is 9.74. The number of hydrogen-bond acceptors (Lipinski definition) is 6. The maximum atomic E-state index is 13.3. The van der Waals surface area contributed by atoms with Gasteiger partial charge in [0.1, 0.15) is 11.5 Å². The molecule has 0 saturated heterocycles. The Morgan fingerprint density at radius 2 is 0.976 bits per heavy atom. The molecule has 6 nitrogen and oxygen atoms in total. The summed E-state index contributed by atoms with van der Waals surface area (Å²) in [5.74, 6) is -0.0608. The van der Waals surface area contributed by atoms with Crippen LogP contribution in [0, 0.1) is 10.8 Å². The average molecular weight is 569 g/mol. The number of ketones is 2. The van der Waals surface area contributed by atoms with E-state index in [9.17, 15) is 19.8 Å². The highest BCUT2D eigenvalue weighted by Gasteiger charge is 2.37. The standard InChI is InChI=1S/C36H44N2O4/c1-35(2)21-29(39)33(30(40)22-35)27(37-19-17-25-11-7-5-8-12-25)15-16-28(38-20-18-26-13-9-6-10-14-26)34-31(41)23-36(3,4)24-32(34)42/h5-14,39,41H,15-24H2,1-4H3. The molecule has 42 heavy (non-hydrogen) atoms. The number of Topliss-reactive ketones (excluding diaryl/α,β-unsaturated/α-hetero) is 2. The molecule has 2 aliphatic carbocycles. The molecule has 0 radical (unpaired) electrons. The maximum Gasteiger partial charge on any atom is 0.168 e. The van der Waals surface area contributed by atoms with Crippen molar-refractivity contribution < 1.29 is 19.8 Å². The Hall–Kier alpha value is -3.80. The molecule has 2 aliphatic rings. The van der Waals surface area contributed by atoms with E-state index < -0.39 is 0 Å². The van der Waals surface area contributed by atoms with E-state index in [4.69, 9.17) is 9.98 Å². The summed E-state index contributed by atoms with van der Waals surface area (Å²) in [4.78, 5) is 36.3. The van der Waals surface area contributed by atoms with Crippen LogP contribution in [0.25, 0.3) is 0 Å². The van der Waals surface area contributed by atoms with Gasteiger partial charge in [-0.15, -0.1) is 0 Å². The molecule has 0 atom stereocenters. The second kappa shape index (κ2) is 13.5. The first-order valence-electron chi connectivity index (χ1n) is 15.0. The third-order valence-electron chi connectivity index (χ3n) is 7.97. The number of rotatable bonds is 11. The lowest BCUT2D eigenvalue weighted by molar-refractivity contribution is -0.118. The van der Waals surface area contributed by atoms with Crippen molar-refractivity contribution in [3.63, 3.8) is 0 Å². The molecule has 4 rings (SSSR count). The number of aliphatic hydroxyl groups is 2. The van der Waals surface area contributed by atoms with Crippen LogP contribution >= 0.6 is 0 Å². The number of carbonyl (C=O) groups is 2. The third kappa shape index (κ3) is 8.37. The Labute approximate surface area is 250 Å². The predicted octanol–water partition coefficient (Wildman–Crippen LogP) is 7.54. The van der Waals surface area contributed by atoms with Crippen molar-refractivity contribution in [1.82, 2.24) is 0 Å². The minimum atomic E-state index is -0.318. The van der Waals surface area contributed by atoms with Crippen LogP contribution in [0.3, 0.4) is 0 Å². The van der Waals surface area contributed by atoms with Crippen molar-refractivity contribution >= 4 is 23.0 Å². The second-order valence-electron chi connectivity index (χ2n) is 13.2. The van der Waals surface area contributed by atoms with E-state index in [0.29, 0.717) is 87.0 Å². The Kier molecular flexibility index (Phi) is 9.97. The van der Waals surface area contributed by atoms with Gasteiger partial charge in [0.15, 0.2) is 11.6 Å². The molecule has 0 aliphatic heterocycles. The van der Waals surface area contributed by atoms with E-state index in [1.165, 1.54) is 0 Å². The summed E-state index contributed by atoms with van der Waals surface area (Å²) in [6.07, 6.45) is 3.55. The molecule has 2 aromatic carbocycles. The van der Waals surface area contributed by atoms with Gasteiger partial charge in [-0.2, -0.15) is 0 Å². The van der Waals surface area contributed by atoms with Gasteiger partial charge in [0.2, 0.25) is 0 Å². The fourth-order valence-corrected chi connectivity index (χ4v) is 5.96. The monoisotopic (exact) mass is 568 g/mol. The predicted molar refractivity (Wildman–Crippen MR) is 169 cm³/mol. The van der Waals surface area contributed by atoms with Crippen molar-refractivity contribution in [3.05, 3.63) is 94.5 Å². The van der Waals surface area contributed by atoms with E-state index in [0.717, 1.165) is 11.1 Å². The molecule has 0 unspecified atom stereocenters. The molecule has 2 N–H and O–H groups in total. The van der Waals surface area contributed by atoms with E-state index in [1.54, 1.807) is 0 Å². The van der Waals surface area contributed by atoms with Crippen LogP contribution in [0.5, 0.6) is 0 Å². The quantitative estimate of drug-likeness (QED) is 0.274. The van der Waals surface area contributed by atoms with Gasteiger partial charge < -0.3 is 10.2 Å². The number of aliphatic hydroxyl groups excluding tert-OH is 2. The summed E-state index contributed by atoms with van der Waals surface area (Å²) < 4.78 is 0. The number of benzene rings is 2. The van der Waals surface area contributed by atoms with Gasteiger partial charge in [-0.25, -0.2) is 0 Å². The van der Waals surface area contributed by atoms with Gasteiger partial charge in [0.25, 0.3) is 0 Å². The zero-order valence-corrected chi connectivity index (χ0v) is 25.4. The largest absolute Gasteiger partial charge is 0.511 e. The number of carbonyl (C=O) groups excluding carboxylic acids is 2. The molecule has 0 fully saturated rings. The third-order valence-corrected chi connectivity index (χ3v) is 7.97. The fraction of sp³-hybridized carbons (Fsp3) is 0.444. The Morgan fingerprint density at radius 1 is 0.619 bits per heavy atom. The molecule has 2 aromatic rings. The Morgan fingerprint density at radius 3 is 1.31 bits per heavy atom. The van der Waals surface area contributed by atoms with Gasteiger partial charge in [-0.1, -0.05) is 88.4 Å². The zero-order chi connectivity index (χ0) is 30.3. The normalized spacial score (nSPS) is 19.4. The average Bonchev–Trinajstić information content (AvgIpc) is 2.90. The Balaban J connectivity index is 1.64.